The van der Waals surface area contributed by atoms with Crippen LogP contribution in [-0.4, -0.2) is 31.3 Å². The molecule has 0 aliphatic carbocycles. The zero-order valence-electron chi connectivity index (χ0n) is 17.5. The zero-order valence-corrected chi connectivity index (χ0v) is 17.5. The number of carbonyl (C=O) groups is 1. The van der Waals surface area contributed by atoms with E-state index in [1.54, 1.807) is 0 Å². The SMILES string of the molecule is CCOc1ccc(C=C[C@]23NC(=O)CN2c2ccccc2C3(C)C)cc1OCC. The molecule has 0 spiro atoms. The standard InChI is InChI=1S/C24H28N2O3/c1-5-28-20-12-11-17(15-21(20)29-6-2)13-14-24-23(3,4)18-9-7-8-10-19(18)26(24)16-22(27)25-24/h7-15H,5-6,16H2,1-4H3,(H,25,27)/t24-/m0/s1. The molecular weight excluding hydrogens is 364 g/mol. The third-order valence-electron chi connectivity index (χ3n) is 5.96. The van der Waals surface area contributed by atoms with E-state index in [2.05, 4.69) is 54.4 Å². The molecule has 4 rings (SSSR count). The van der Waals surface area contributed by atoms with Crippen LogP contribution in [0.25, 0.3) is 6.08 Å². The Morgan fingerprint density at radius 1 is 1.07 bits per heavy atom. The van der Waals surface area contributed by atoms with E-state index in [4.69, 9.17) is 9.47 Å². The summed E-state index contributed by atoms with van der Waals surface area (Å²) in [5.74, 6) is 1.52. The van der Waals surface area contributed by atoms with E-state index in [1.165, 1.54) is 5.56 Å². The number of ether oxygens (including phenoxy) is 2. The number of hydrogen-bond donors (Lipinski definition) is 1. The fourth-order valence-corrected chi connectivity index (χ4v) is 4.53. The van der Waals surface area contributed by atoms with Gasteiger partial charge in [-0.1, -0.05) is 44.2 Å². The largest absolute Gasteiger partial charge is 0.490 e. The van der Waals surface area contributed by atoms with Gasteiger partial charge in [-0.2, -0.15) is 0 Å². The Bertz CT molecular complexity index is 966. The molecule has 1 N–H and O–H groups in total. The predicted octanol–water partition coefficient (Wildman–Crippen LogP) is 4.12. The van der Waals surface area contributed by atoms with Gasteiger partial charge in [0.05, 0.1) is 19.8 Å². The number of fused-ring (bicyclic) bond motifs is 3. The number of para-hydroxylation sites is 1. The topological polar surface area (TPSA) is 50.8 Å². The van der Waals surface area contributed by atoms with Crippen LogP contribution in [-0.2, 0) is 10.2 Å². The third kappa shape index (κ3) is 2.96. The summed E-state index contributed by atoms with van der Waals surface area (Å²) in [6.07, 6.45) is 4.17. The predicted molar refractivity (Wildman–Crippen MR) is 116 cm³/mol. The van der Waals surface area contributed by atoms with Gasteiger partial charge in [-0.25, -0.2) is 0 Å². The van der Waals surface area contributed by atoms with E-state index in [0.717, 1.165) is 22.7 Å². The maximum Gasteiger partial charge on any atom is 0.241 e. The van der Waals surface area contributed by atoms with Gasteiger partial charge in [-0.3, -0.25) is 4.79 Å². The maximum atomic E-state index is 12.4. The number of nitrogens with zero attached hydrogens (tertiary/aromatic N) is 1. The van der Waals surface area contributed by atoms with Crippen molar-refractivity contribution in [2.75, 3.05) is 24.7 Å². The minimum absolute atomic E-state index is 0.0407. The summed E-state index contributed by atoms with van der Waals surface area (Å²) >= 11 is 0. The molecule has 2 aliphatic heterocycles. The summed E-state index contributed by atoms with van der Waals surface area (Å²) in [6.45, 7) is 9.81. The highest BCUT2D eigenvalue weighted by Crippen LogP contribution is 2.52. The second-order valence-corrected chi connectivity index (χ2v) is 7.95. The first-order chi connectivity index (χ1) is 13.9. The highest BCUT2D eigenvalue weighted by atomic mass is 16.5. The molecular formula is C24H28N2O3. The number of hydrogen-bond acceptors (Lipinski definition) is 4. The van der Waals surface area contributed by atoms with Gasteiger partial charge >= 0.3 is 0 Å². The Morgan fingerprint density at radius 3 is 2.55 bits per heavy atom. The van der Waals surface area contributed by atoms with Gasteiger partial charge in [0.15, 0.2) is 11.5 Å². The summed E-state index contributed by atoms with van der Waals surface area (Å²) in [7, 11) is 0. The van der Waals surface area contributed by atoms with E-state index < -0.39 is 5.66 Å². The average molecular weight is 392 g/mol. The van der Waals surface area contributed by atoms with Crippen molar-refractivity contribution in [3.63, 3.8) is 0 Å². The van der Waals surface area contributed by atoms with Crippen LogP contribution in [0.4, 0.5) is 5.69 Å². The molecule has 1 saturated heterocycles. The first-order valence-corrected chi connectivity index (χ1v) is 10.2. The van der Waals surface area contributed by atoms with Crippen LogP contribution < -0.4 is 19.7 Å². The summed E-state index contributed by atoms with van der Waals surface area (Å²) in [4.78, 5) is 14.6. The third-order valence-corrected chi connectivity index (χ3v) is 5.96. The van der Waals surface area contributed by atoms with Gasteiger partial charge in [0, 0.05) is 11.1 Å². The Morgan fingerprint density at radius 2 is 1.79 bits per heavy atom. The Labute approximate surface area is 172 Å². The molecule has 5 heteroatoms. The summed E-state index contributed by atoms with van der Waals surface area (Å²) in [6, 6.07) is 14.3. The maximum absolute atomic E-state index is 12.4. The van der Waals surface area contributed by atoms with Crippen LogP contribution in [0, 0.1) is 0 Å². The lowest BCUT2D eigenvalue weighted by atomic mass is 9.75. The molecule has 2 aromatic rings. The van der Waals surface area contributed by atoms with Crippen LogP contribution in [0.3, 0.4) is 0 Å². The lowest BCUT2D eigenvalue weighted by Crippen LogP contribution is -2.58. The number of carbonyl (C=O) groups excluding carboxylic acids is 1. The van der Waals surface area contributed by atoms with E-state index in [0.29, 0.717) is 19.8 Å². The van der Waals surface area contributed by atoms with Gasteiger partial charge in [-0.05, 0) is 49.2 Å². The summed E-state index contributed by atoms with van der Waals surface area (Å²) < 4.78 is 11.4. The van der Waals surface area contributed by atoms with Crippen LogP contribution >= 0.6 is 0 Å². The van der Waals surface area contributed by atoms with Crippen LogP contribution in [0.15, 0.2) is 48.5 Å². The van der Waals surface area contributed by atoms with Crippen molar-refractivity contribution >= 4 is 17.7 Å². The van der Waals surface area contributed by atoms with Gasteiger partial charge in [0.2, 0.25) is 5.91 Å². The smallest absolute Gasteiger partial charge is 0.241 e. The van der Waals surface area contributed by atoms with Crippen LogP contribution in [0.5, 0.6) is 11.5 Å². The molecule has 1 fully saturated rings. The second-order valence-electron chi connectivity index (χ2n) is 7.95. The van der Waals surface area contributed by atoms with Crippen molar-refractivity contribution in [1.82, 2.24) is 5.32 Å². The zero-order chi connectivity index (χ0) is 20.6. The van der Waals surface area contributed by atoms with Gasteiger partial charge in [-0.15, -0.1) is 0 Å². The minimum Gasteiger partial charge on any atom is -0.490 e. The van der Waals surface area contributed by atoms with E-state index in [1.807, 2.05) is 38.1 Å². The van der Waals surface area contributed by atoms with E-state index in [-0.39, 0.29) is 11.3 Å². The number of benzene rings is 2. The minimum atomic E-state index is -0.599. The number of rotatable bonds is 6. The Balaban J connectivity index is 1.74. The first-order valence-electron chi connectivity index (χ1n) is 10.2. The molecule has 1 atom stereocenters. The molecule has 29 heavy (non-hydrogen) atoms. The Kier molecular flexibility index (Phi) is 4.77. The average Bonchev–Trinajstić information content (AvgIpc) is 3.13. The number of anilines is 1. The molecule has 0 saturated carbocycles. The fourth-order valence-electron chi connectivity index (χ4n) is 4.53. The molecule has 0 aromatic heterocycles. The molecule has 1 amide bonds. The molecule has 2 aliphatic rings. The van der Waals surface area contributed by atoms with Crippen molar-refractivity contribution in [3.05, 3.63) is 59.7 Å². The van der Waals surface area contributed by atoms with Gasteiger partial charge in [0.1, 0.15) is 5.66 Å². The van der Waals surface area contributed by atoms with E-state index >= 15 is 0 Å². The lowest BCUT2D eigenvalue weighted by Gasteiger charge is -2.40. The summed E-state index contributed by atoms with van der Waals surface area (Å²) in [5.41, 5.74) is 2.48. The first kappa shape index (κ1) is 19.4. The summed E-state index contributed by atoms with van der Waals surface area (Å²) in [5, 5.41) is 3.25. The van der Waals surface area contributed by atoms with Crippen molar-refractivity contribution in [3.8, 4) is 11.5 Å². The Hall–Kier alpha value is -2.95. The molecule has 0 radical (unpaired) electrons. The molecule has 0 bridgehead atoms. The number of amides is 1. The molecule has 2 aromatic carbocycles. The second kappa shape index (κ2) is 7.14. The van der Waals surface area contributed by atoms with Gasteiger partial charge in [0.25, 0.3) is 0 Å². The lowest BCUT2D eigenvalue weighted by molar-refractivity contribution is -0.118. The number of nitrogens with one attached hydrogen (secondary N) is 1. The van der Waals surface area contributed by atoms with E-state index in [9.17, 15) is 4.79 Å². The molecule has 152 valence electrons. The van der Waals surface area contributed by atoms with Gasteiger partial charge < -0.3 is 19.7 Å². The molecule has 0 unspecified atom stereocenters. The molecule has 5 nitrogen and oxygen atoms in total. The van der Waals surface area contributed by atoms with Crippen molar-refractivity contribution in [2.24, 2.45) is 0 Å². The highest BCUT2D eigenvalue weighted by Gasteiger charge is 2.59. The van der Waals surface area contributed by atoms with Crippen LogP contribution in [0.2, 0.25) is 0 Å². The quantitative estimate of drug-likeness (QED) is 0.803. The molecule has 2 heterocycles. The van der Waals surface area contributed by atoms with Crippen molar-refractivity contribution in [1.29, 1.82) is 0 Å². The normalized spacial score (nSPS) is 21.8. The van der Waals surface area contributed by atoms with Crippen molar-refractivity contribution < 1.29 is 14.3 Å². The van der Waals surface area contributed by atoms with Crippen LogP contribution in [0.1, 0.15) is 38.8 Å². The monoisotopic (exact) mass is 392 g/mol. The van der Waals surface area contributed by atoms with Crippen molar-refractivity contribution in [2.45, 2.75) is 38.8 Å². The fraction of sp³-hybridized carbons (Fsp3) is 0.375. The highest BCUT2D eigenvalue weighted by molar-refractivity contribution is 5.91.